The molecule has 0 radical (unpaired) electrons. The van der Waals surface area contributed by atoms with Gasteiger partial charge in [0.2, 0.25) is 0 Å². The van der Waals surface area contributed by atoms with Crippen LogP contribution in [-0.2, 0) is 6.42 Å². The lowest BCUT2D eigenvalue weighted by atomic mass is 10.1. The lowest BCUT2D eigenvalue weighted by Crippen LogP contribution is -2.05. The van der Waals surface area contributed by atoms with E-state index in [2.05, 4.69) is 9.97 Å². The molecule has 1 heterocycles. The smallest absolute Gasteiger partial charge is 0.170 e. The van der Waals surface area contributed by atoms with Gasteiger partial charge in [0.05, 0.1) is 12.1 Å². The predicted octanol–water partition coefficient (Wildman–Crippen LogP) is 2.59. The molecule has 0 saturated heterocycles. The van der Waals surface area contributed by atoms with Gasteiger partial charge in [0.25, 0.3) is 0 Å². The minimum atomic E-state index is -0.400. The van der Waals surface area contributed by atoms with Gasteiger partial charge in [-0.15, -0.1) is 0 Å². The van der Waals surface area contributed by atoms with Crippen LogP contribution in [0.4, 0.5) is 4.39 Å². The van der Waals surface area contributed by atoms with Gasteiger partial charge in [0, 0.05) is 11.3 Å². The third-order valence-corrected chi connectivity index (χ3v) is 2.65. The van der Waals surface area contributed by atoms with Crippen molar-refractivity contribution >= 4 is 5.78 Å². The molecule has 88 valence electrons. The van der Waals surface area contributed by atoms with E-state index in [1.54, 1.807) is 6.07 Å². The lowest BCUT2D eigenvalue weighted by molar-refractivity contribution is 0.0990. The standard InChI is InChI=1S/C13H13FN2O/c1-8-9(2)16-13(15-8)7-12(17)10-4-3-5-11(14)6-10/h3-6H,7H2,1-2H3,(H,15,16). The molecule has 0 aliphatic rings. The quantitative estimate of drug-likeness (QED) is 0.827. The molecule has 2 rings (SSSR count). The van der Waals surface area contributed by atoms with E-state index < -0.39 is 5.82 Å². The number of Topliss-reactive ketones (excluding diaryl/α,β-unsaturated/α-hetero) is 1. The lowest BCUT2D eigenvalue weighted by Gasteiger charge is -1.98. The molecular weight excluding hydrogens is 219 g/mol. The number of aryl methyl sites for hydroxylation is 2. The summed E-state index contributed by atoms with van der Waals surface area (Å²) in [7, 11) is 0. The molecule has 0 bridgehead atoms. The van der Waals surface area contributed by atoms with Crippen LogP contribution < -0.4 is 0 Å². The van der Waals surface area contributed by atoms with Crippen molar-refractivity contribution in [2.45, 2.75) is 20.3 Å². The first-order valence-electron chi connectivity index (χ1n) is 5.37. The van der Waals surface area contributed by atoms with Crippen molar-refractivity contribution < 1.29 is 9.18 Å². The molecule has 0 saturated carbocycles. The topological polar surface area (TPSA) is 45.8 Å². The third kappa shape index (κ3) is 2.58. The predicted molar refractivity (Wildman–Crippen MR) is 62.5 cm³/mol. The number of hydrogen-bond donors (Lipinski definition) is 1. The van der Waals surface area contributed by atoms with Crippen LogP contribution in [0, 0.1) is 19.7 Å². The highest BCUT2D eigenvalue weighted by Gasteiger charge is 2.11. The molecule has 4 heteroatoms. The van der Waals surface area contributed by atoms with Gasteiger partial charge in [-0.3, -0.25) is 4.79 Å². The van der Waals surface area contributed by atoms with E-state index >= 15 is 0 Å². The number of rotatable bonds is 3. The number of hydrogen-bond acceptors (Lipinski definition) is 2. The van der Waals surface area contributed by atoms with Crippen molar-refractivity contribution in [2.24, 2.45) is 0 Å². The molecule has 1 aromatic carbocycles. The van der Waals surface area contributed by atoms with E-state index in [0.717, 1.165) is 11.4 Å². The Bertz CT molecular complexity index is 541. The second kappa shape index (κ2) is 4.49. The Balaban J connectivity index is 2.17. The fourth-order valence-electron chi connectivity index (χ4n) is 1.62. The van der Waals surface area contributed by atoms with Crippen LogP contribution in [0.1, 0.15) is 27.6 Å². The summed E-state index contributed by atoms with van der Waals surface area (Å²) in [6.45, 7) is 3.78. The van der Waals surface area contributed by atoms with Crippen molar-refractivity contribution in [3.8, 4) is 0 Å². The fraction of sp³-hybridized carbons (Fsp3) is 0.231. The Kier molecular flexibility index (Phi) is 3.04. The molecule has 0 aliphatic heterocycles. The summed E-state index contributed by atoms with van der Waals surface area (Å²) in [5.41, 5.74) is 2.20. The minimum absolute atomic E-state index is 0.141. The molecule has 0 atom stereocenters. The van der Waals surface area contributed by atoms with Gasteiger partial charge in [-0.2, -0.15) is 0 Å². The fourth-order valence-corrected chi connectivity index (χ4v) is 1.62. The molecule has 0 fully saturated rings. The number of benzene rings is 1. The Labute approximate surface area is 98.7 Å². The van der Waals surface area contributed by atoms with E-state index in [-0.39, 0.29) is 12.2 Å². The average molecular weight is 232 g/mol. The van der Waals surface area contributed by atoms with Crippen LogP contribution in [0.3, 0.4) is 0 Å². The van der Waals surface area contributed by atoms with Crippen LogP contribution in [0.2, 0.25) is 0 Å². The third-order valence-electron chi connectivity index (χ3n) is 2.65. The van der Waals surface area contributed by atoms with E-state index in [1.165, 1.54) is 18.2 Å². The van der Waals surface area contributed by atoms with Crippen molar-refractivity contribution in [1.82, 2.24) is 9.97 Å². The van der Waals surface area contributed by atoms with E-state index in [4.69, 9.17) is 0 Å². The van der Waals surface area contributed by atoms with Gasteiger partial charge in [0.1, 0.15) is 11.6 Å². The number of H-pyrrole nitrogens is 1. The molecule has 1 N–H and O–H groups in total. The molecule has 1 aromatic heterocycles. The van der Waals surface area contributed by atoms with Gasteiger partial charge in [-0.25, -0.2) is 9.37 Å². The molecule has 3 nitrogen and oxygen atoms in total. The first kappa shape index (κ1) is 11.5. The van der Waals surface area contributed by atoms with Crippen LogP contribution in [-0.4, -0.2) is 15.8 Å². The van der Waals surface area contributed by atoms with Crippen LogP contribution in [0.5, 0.6) is 0 Å². The largest absolute Gasteiger partial charge is 0.345 e. The molecule has 2 aromatic rings. The highest BCUT2D eigenvalue weighted by molar-refractivity contribution is 5.97. The number of carbonyl (C=O) groups excluding carboxylic acids is 1. The highest BCUT2D eigenvalue weighted by Crippen LogP contribution is 2.09. The van der Waals surface area contributed by atoms with E-state index in [0.29, 0.717) is 11.4 Å². The molecule has 0 aliphatic carbocycles. The number of imidazole rings is 1. The molecule has 0 spiro atoms. The monoisotopic (exact) mass is 232 g/mol. The number of ketones is 1. The van der Waals surface area contributed by atoms with E-state index in [9.17, 15) is 9.18 Å². The maximum atomic E-state index is 13.0. The normalized spacial score (nSPS) is 10.5. The van der Waals surface area contributed by atoms with Gasteiger partial charge in [-0.1, -0.05) is 12.1 Å². The second-order valence-corrected chi connectivity index (χ2v) is 4.00. The van der Waals surface area contributed by atoms with Crippen LogP contribution in [0.15, 0.2) is 24.3 Å². The van der Waals surface area contributed by atoms with Gasteiger partial charge >= 0.3 is 0 Å². The summed E-state index contributed by atoms with van der Waals surface area (Å²) < 4.78 is 13.0. The number of nitrogens with zero attached hydrogens (tertiary/aromatic N) is 1. The second-order valence-electron chi connectivity index (χ2n) is 4.00. The van der Waals surface area contributed by atoms with Crippen molar-refractivity contribution in [2.75, 3.05) is 0 Å². The zero-order valence-corrected chi connectivity index (χ0v) is 9.75. The first-order chi connectivity index (χ1) is 8.06. The van der Waals surface area contributed by atoms with Crippen molar-refractivity contribution in [3.05, 3.63) is 52.9 Å². The van der Waals surface area contributed by atoms with Gasteiger partial charge in [0.15, 0.2) is 5.78 Å². The number of aromatic nitrogens is 2. The van der Waals surface area contributed by atoms with Crippen LogP contribution >= 0.6 is 0 Å². The Morgan fingerprint density at radius 3 is 2.76 bits per heavy atom. The Morgan fingerprint density at radius 1 is 1.41 bits per heavy atom. The number of nitrogens with one attached hydrogen (secondary N) is 1. The minimum Gasteiger partial charge on any atom is -0.345 e. The van der Waals surface area contributed by atoms with Crippen molar-refractivity contribution in [1.29, 1.82) is 0 Å². The zero-order chi connectivity index (χ0) is 12.4. The molecule has 0 unspecified atom stereocenters. The average Bonchev–Trinajstić information content (AvgIpc) is 2.58. The summed E-state index contributed by atoms with van der Waals surface area (Å²) >= 11 is 0. The van der Waals surface area contributed by atoms with E-state index in [1.807, 2.05) is 13.8 Å². The maximum Gasteiger partial charge on any atom is 0.170 e. The van der Waals surface area contributed by atoms with Gasteiger partial charge in [-0.05, 0) is 26.0 Å². The first-order valence-corrected chi connectivity index (χ1v) is 5.37. The Hall–Kier alpha value is -1.97. The van der Waals surface area contributed by atoms with Gasteiger partial charge < -0.3 is 4.98 Å². The summed E-state index contributed by atoms with van der Waals surface area (Å²) in [5.74, 6) is 0.0789. The Morgan fingerprint density at radius 2 is 2.18 bits per heavy atom. The van der Waals surface area contributed by atoms with Crippen LogP contribution in [0.25, 0.3) is 0 Å². The summed E-state index contributed by atoms with van der Waals surface area (Å²) in [5, 5.41) is 0. The molecule has 0 amide bonds. The van der Waals surface area contributed by atoms with Crippen molar-refractivity contribution in [3.63, 3.8) is 0 Å². The number of aromatic amines is 1. The summed E-state index contributed by atoms with van der Waals surface area (Å²) in [6.07, 6.45) is 0.165. The molecular formula is C13H13FN2O. The maximum absolute atomic E-state index is 13.0. The summed E-state index contributed by atoms with van der Waals surface area (Å²) in [6, 6.07) is 5.69. The molecule has 17 heavy (non-hydrogen) atoms. The highest BCUT2D eigenvalue weighted by atomic mass is 19.1. The summed E-state index contributed by atoms with van der Waals surface area (Å²) in [4.78, 5) is 19.1. The number of halogens is 1. The number of carbonyl (C=O) groups is 1. The zero-order valence-electron chi connectivity index (χ0n) is 9.75. The SMILES string of the molecule is Cc1nc(CC(=O)c2cccc(F)c2)[nH]c1C.